The maximum absolute atomic E-state index is 12.2. The summed E-state index contributed by atoms with van der Waals surface area (Å²) in [6.07, 6.45) is 11.1. The first kappa shape index (κ1) is 18.6. The molecule has 0 bridgehead atoms. The summed E-state index contributed by atoms with van der Waals surface area (Å²) >= 11 is 0. The molecule has 0 saturated carbocycles. The van der Waals surface area contributed by atoms with Gasteiger partial charge in [-0.1, -0.05) is 24.3 Å². The SMILES string of the molecule is Cc1ccnc2c(/C=C/C(=O)NCCc3ccccc3-c3ncccn3)c[nH]c12. The lowest BCUT2D eigenvalue weighted by Gasteiger charge is -2.08. The molecule has 3 aromatic heterocycles. The molecule has 0 aliphatic heterocycles. The number of hydrogen-bond donors (Lipinski definition) is 2. The molecule has 6 heteroatoms. The smallest absolute Gasteiger partial charge is 0.244 e. The molecule has 2 N–H and O–H groups in total. The van der Waals surface area contributed by atoms with Gasteiger partial charge in [-0.15, -0.1) is 0 Å². The predicted molar refractivity (Wildman–Crippen MR) is 114 cm³/mol. The second-order valence-electron chi connectivity index (χ2n) is 6.70. The molecule has 29 heavy (non-hydrogen) atoms. The number of hydrogen-bond acceptors (Lipinski definition) is 4. The summed E-state index contributed by atoms with van der Waals surface area (Å²) in [4.78, 5) is 28.5. The van der Waals surface area contributed by atoms with Crippen molar-refractivity contribution in [2.75, 3.05) is 6.54 Å². The van der Waals surface area contributed by atoms with Crippen molar-refractivity contribution in [3.05, 3.63) is 84.0 Å². The van der Waals surface area contributed by atoms with Crippen LogP contribution in [0.3, 0.4) is 0 Å². The van der Waals surface area contributed by atoms with E-state index in [2.05, 4.69) is 25.3 Å². The molecular formula is C23H21N5O. The van der Waals surface area contributed by atoms with E-state index in [0.29, 0.717) is 18.8 Å². The highest BCUT2D eigenvalue weighted by Gasteiger charge is 2.07. The van der Waals surface area contributed by atoms with Crippen molar-refractivity contribution in [3.8, 4) is 11.4 Å². The summed E-state index contributed by atoms with van der Waals surface area (Å²) in [7, 11) is 0. The molecule has 144 valence electrons. The lowest BCUT2D eigenvalue weighted by atomic mass is 10.0. The van der Waals surface area contributed by atoms with Crippen LogP contribution < -0.4 is 5.32 Å². The van der Waals surface area contributed by atoms with Crippen LogP contribution >= 0.6 is 0 Å². The average molecular weight is 383 g/mol. The maximum atomic E-state index is 12.2. The van der Waals surface area contributed by atoms with E-state index in [1.807, 2.05) is 43.5 Å². The normalized spacial score (nSPS) is 11.2. The van der Waals surface area contributed by atoms with Crippen LogP contribution in [0.4, 0.5) is 0 Å². The Bertz CT molecular complexity index is 1160. The summed E-state index contributed by atoms with van der Waals surface area (Å²) in [6.45, 7) is 2.55. The first-order valence-electron chi connectivity index (χ1n) is 9.46. The molecule has 3 heterocycles. The van der Waals surface area contributed by atoms with Gasteiger partial charge in [0.05, 0.1) is 11.0 Å². The van der Waals surface area contributed by atoms with E-state index < -0.39 is 0 Å². The van der Waals surface area contributed by atoms with E-state index in [9.17, 15) is 4.79 Å². The van der Waals surface area contributed by atoms with Crippen molar-refractivity contribution in [1.29, 1.82) is 0 Å². The van der Waals surface area contributed by atoms with Crippen LogP contribution in [0.5, 0.6) is 0 Å². The fraction of sp³-hybridized carbons (Fsp3) is 0.130. The van der Waals surface area contributed by atoms with Gasteiger partial charge in [0.15, 0.2) is 5.82 Å². The number of aryl methyl sites for hydroxylation is 1. The van der Waals surface area contributed by atoms with Gasteiger partial charge in [0.2, 0.25) is 5.91 Å². The molecule has 0 atom stereocenters. The maximum Gasteiger partial charge on any atom is 0.244 e. The molecule has 1 aromatic carbocycles. The van der Waals surface area contributed by atoms with Gasteiger partial charge in [0, 0.05) is 48.5 Å². The van der Waals surface area contributed by atoms with Gasteiger partial charge in [-0.25, -0.2) is 9.97 Å². The van der Waals surface area contributed by atoms with E-state index in [4.69, 9.17) is 0 Å². The Morgan fingerprint density at radius 2 is 1.90 bits per heavy atom. The van der Waals surface area contributed by atoms with Crippen molar-refractivity contribution in [2.45, 2.75) is 13.3 Å². The second-order valence-corrected chi connectivity index (χ2v) is 6.70. The molecule has 0 aliphatic rings. The lowest BCUT2D eigenvalue weighted by molar-refractivity contribution is -0.116. The van der Waals surface area contributed by atoms with E-state index >= 15 is 0 Å². The van der Waals surface area contributed by atoms with Crippen LogP contribution in [-0.4, -0.2) is 32.4 Å². The molecular weight excluding hydrogens is 362 g/mol. The number of amides is 1. The fourth-order valence-corrected chi connectivity index (χ4v) is 3.24. The number of nitrogens with one attached hydrogen (secondary N) is 2. The highest BCUT2D eigenvalue weighted by atomic mass is 16.1. The number of aromatic amines is 1. The third-order valence-electron chi connectivity index (χ3n) is 4.74. The lowest BCUT2D eigenvalue weighted by Crippen LogP contribution is -2.23. The van der Waals surface area contributed by atoms with E-state index in [1.54, 1.807) is 36.8 Å². The highest BCUT2D eigenvalue weighted by Crippen LogP contribution is 2.20. The molecule has 0 saturated heterocycles. The molecule has 1 amide bonds. The number of H-pyrrole nitrogens is 1. The van der Waals surface area contributed by atoms with Gasteiger partial charge in [0.1, 0.15) is 0 Å². The molecule has 4 aromatic rings. The first-order valence-corrected chi connectivity index (χ1v) is 9.46. The molecule has 6 nitrogen and oxygen atoms in total. The number of pyridine rings is 1. The highest BCUT2D eigenvalue weighted by molar-refractivity contribution is 5.95. The van der Waals surface area contributed by atoms with Crippen LogP contribution in [0, 0.1) is 6.92 Å². The minimum Gasteiger partial charge on any atom is -0.359 e. The number of carbonyl (C=O) groups is 1. The average Bonchev–Trinajstić information content (AvgIpc) is 3.18. The third kappa shape index (κ3) is 4.21. The quantitative estimate of drug-likeness (QED) is 0.497. The van der Waals surface area contributed by atoms with Crippen LogP contribution in [0.1, 0.15) is 16.7 Å². The van der Waals surface area contributed by atoms with Crippen molar-refractivity contribution in [2.24, 2.45) is 0 Å². The van der Waals surface area contributed by atoms with Gasteiger partial charge in [0.25, 0.3) is 0 Å². The van der Waals surface area contributed by atoms with Crippen LogP contribution in [0.15, 0.2) is 67.3 Å². The zero-order valence-electron chi connectivity index (χ0n) is 16.1. The summed E-state index contributed by atoms with van der Waals surface area (Å²) < 4.78 is 0. The van der Waals surface area contributed by atoms with Gasteiger partial charge in [-0.3, -0.25) is 9.78 Å². The Balaban J connectivity index is 1.38. The topological polar surface area (TPSA) is 83.6 Å². The van der Waals surface area contributed by atoms with E-state index in [-0.39, 0.29) is 5.91 Å². The van der Waals surface area contributed by atoms with Crippen LogP contribution in [-0.2, 0) is 11.2 Å². The second kappa shape index (κ2) is 8.48. The van der Waals surface area contributed by atoms with Crippen molar-refractivity contribution in [1.82, 2.24) is 25.3 Å². The standard InChI is InChI=1S/C23H21N5O/c1-16-9-13-25-22-18(15-28-21(16)22)7-8-20(29)24-14-10-17-5-2-3-6-19(17)23-26-11-4-12-27-23/h2-9,11-13,15,28H,10,14H2,1H3,(H,24,29)/b8-7+. The minimum atomic E-state index is -0.138. The Labute approximate surface area is 168 Å². The first-order chi connectivity index (χ1) is 14.2. The van der Waals surface area contributed by atoms with Crippen molar-refractivity contribution in [3.63, 3.8) is 0 Å². The molecule has 0 radical (unpaired) electrons. The summed E-state index contributed by atoms with van der Waals surface area (Å²) in [5, 5.41) is 2.93. The van der Waals surface area contributed by atoms with Crippen LogP contribution in [0.25, 0.3) is 28.5 Å². The van der Waals surface area contributed by atoms with Gasteiger partial charge < -0.3 is 10.3 Å². The number of benzene rings is 1. The summed E-state index contributed by atoms with van der Waals surface area (Å²) in [5.41, 5.74) is 5.96. The summed E-state index contributed by atoms with van der Waals surface area (Å²) in [5.74, 6) is 0.553. The number of aromatic nitrogens is 4. The Hall–Kier alpha value is -3.80. The van der Waals surface area contributed by atoms with E-state index in [1.165, 1.54) is 0 Å². The number of carbonyl (C=O) groups excluding carboxylic acids is 1. The van der Waals surface area contributed by atoms with Gasteiger partial charge in [-0.05, 0) is 42.7 Å². The monoisotopic (exact) mass is 383 g/mol. The molecule has 0 fully saturated rings. The molecule has 0 spiro atoms. The predicted octanol–water partition coefficient (Wildman–Crippen LogP) is 3.70. The Kier molecular flexibility index (Phi) is 5.42. The Morgan fingerprint density at radius 1 is 1.07 bits per heavy atom. The number of rotatable bonds is 6. The van der Waals surface area contributed by atoms with Crippen molar-refractivity contribution < 1.29 is 4.79 Å². The van der Waals surface area contributed by atoms with Crippen LogP contribution in [0.2, 0.25) is 0 Å². The van der Waals surface area contributed by atoms with Crippen molar-refractivity contribution >= 4 is 23.0 Å². The molecule has 0 aliphatic carbocycles. The Morgan fingerprint density at radius 3 is 2.76 bits per heavy atom. The van der Waals surface area contributed by atoms with Gasteiger partial charge in [-0.2, -0.15) is 0 Å². The largest absolute Gasteiger partial charge is 0.359 e. The number of fused-ring (bicyclic) bond motifs is 1. The summed E-state index contributed by atoms with van der Waals surface area (Å²) in [6, 6.07) is 11.7. The number of nitrogens with zero attached hydrogens (tertiary/aromatic N) is 3. The zero-order valence-corrected chi connectivity index (χ0v) is 16.1. The van der Waals surface area contributed by atoms with E-state index in [0.717, 1.165) is 33.3 Å². The third-order valence-corrected chi connectivity index (χ3v) is 4.74. The fourth-order valence-electron chi connectivity index (χ4n) is 3.24. The minimum absolute atomic E-state index is 0.138. The zero-order chi connectivity index (χ0) is 20.1. The molecule has 0 unspecified atom stereocenters. The molecule has 4 rings (SSSR count). The van der Waals surface area contributed by atoms with Gasteiger partial charge >= 0.3 is 0 Å².